The molecule has 1 saturated carbocycles. The second-order valence-electron chi connectivity index (χ2n) is 8.11. The van der Waals surface area contributed by atoms with Crippen LogP contribution >= 0.6 is 0 Å². The van der Waals surface area contributed by atoms with Gasteiger partial charge in [0.2, 0.25) is 0 Å². The van der Waals surface area contributed by atoms with Crippen molar-refractivity contribution < 1.29 is 4.79 Å². The van der Waals surface area contributed by atoms with Crippen molar-refractivity contribution in [1.29, 1.82) is 0 Å². The number of hydrogen-bond acceptors (Lipinski definition) is 5. The normalized spacial score (nSPS) is 14.2. The van der Waals surface area contributed by atoms with Crippen molar-refractivity contribution in [3.05, 3.63) is 78.6 Å². The Morgan fingerprint density at radius 2 is 1.59 bits per heavy atom. The quantitative estimate of drug-likeness (QED) is 0.381. The fourth-order valence-corrected chi connectivity index (χ4v) is 4.14. The van der Waals surface area contributed by atoms with Crippen molar-refractivity contribution in [3.63, 3.8) is 0 Å². The fraction of sp³-hybridized carbons (Fsp3) is 0.240. The maximum Gasteiger partial charge on any atom is 0.276 e. The van der Waals surface area contributed by atoms with Crippen molar-refractivity contribution in [1.82, 2.24) is 14.6 Å². The van der Waals surface area contributed by atoms with E-state index in [1.54, 1.807) is 10.7 Å². The highest BCUT2D eigenvalue weighted by atomic mass is 16.2. The van der Waals surface area contributed by atoms with E-state index in [-0.39, 0.29) is 5.91 Å². The summed E-state index contributed by atoms with van der Waals surface area (Å²) >= 11 is 0. The first-order chi connectivity index (χ1) is 15.8. The average Bonchev–Trinajstić information content (AvgIpc) is 3.26. The minimum absolute atomic E-state index is 0.253. The van der Waals surface area contributed by atoms with Gasteiger partial charge in [-0.2, -0.15) is 0 Å². The molecular formula is C25H26N6O. The van der Waals surface area contributed by atoms with Crippen LogP contribution in [0.4, 0.5) is 22.9 Å². The number of para-hydroxylation sites is 2. The minimum atomic E-state index is -0.253. The van der Waals surface area contributed by atoms with Gasteiger partial charge >= 0.3 is 0 Å². The Hall–Kier alpha value is -3.87. The van der Waals surface area contributed by atoms with Gasteiger partial charge in [-0.1, -0.05) is 55.7 Å². The van der Waals surface area contributed by atoms with E-state index in [1.165, 1.54) is 19.3 Å². The monoisotopic (exact) mass is 426 g/mol. The Labute approximate surface area is 186 Å². The number of anilines is 4. The molecule has 0 radical (unpaired) electrons. The first-order valence-electron chi connectivity index (χ1n) is 11.1. The molecule has 4 aromatic rings. The van der Waals surface area contributed by atoms with Crippen LogP contribution < -0.4 is 16.0 Å². The zero-order valence-electron chi connectivity index (χ0n) is 17.8. The lowest BCUT2D eigenvalue weighted by Gasteiger charge is -2.23. The smallest absolute Gasteiger partial charge is 0.276 e. The van der Waals surface area contributed by atoms with Gasteiger partial charge < -0.3 is 16.0 Å². The van der Waals surface area contributed by atoms with Gasteiger partial charge in [-0.3, -0.25) is 4.79 Å². The van der Waals surface area contributed by atoms with Crippen LogP contribution in [0.2, 0.25) is 0 Å². The molecule has 0 aliphatic heterocycles. The average molecular weight is 427 g/mol. The van der Waals surface area contributed by atoms with Crippen LogP contribution in [0.5, 0.6) is 0 Å². The first kappa shape index (κ1) is 20.1. The Bertz CT molecular complexity index is 1200. The topological polar surface area (TPSA) is 83.3 Å². The number of benzene rings is 2. The van der Waals surface area contributed by atoms with Crippen molar-refractivity contribution in [2.24, 2.45) is 0 Å². The van der Waals surface area contributed by atoms with E-state index in [0.29, 0.717) is 17.4 Å². The maximum atomic E-state index is 13.0. The third-order valence-corrected chi connectivity index (χ3v) is 5.74. The summed E-state index contributed by atoms with van der Waals surface area (Å²) in [5.41, 5.74) is 3.45. The molecule has 0 atom stereocenters. The highest BCUT2D eigenvalue weighted by Gasteiger charge is 2.19. The molecule has 1 aliphatic carbocycles. The molecule has 32 heavy (non-hydrogen) atoms. The van der Waals surface area contributed by atoms with E-state index in [2.05, 4.69) is 20.9 Å². The molecule has 7 nitrogen and oxygen atoms in total. The summed E-state index contributed by atoms with van der Waals surface area (Å²) in [5, 5.41) is 14.7. The van der Waals surface area contributed by atoms with Crippen LogP contribution in [0, 0.1) is 0 Å². The summed E-state index contributed by atoms with van der Waals surface area (Å²) in [7, 11) is 0. The molecule has 162 valence electrons. The largest absolute Gasteiger partial charge is 0.366 e. The predicted octanol–water partition coefficient (Wildman–Crippen LogP) is 5.47. The van der Waals surface area contributed by atoms with E-state index in [1.807, 2.05) is 66.7 Å². The number of imidazole rings is 1. The number of nitrogens with zero attached hydrogens (tertiary/aromatic N) is 3. The number of amides is 1. The van der Waals surface area contributed by atoms with Crippen molar-refractivity contribution in [2.45, 2.75) is 38.1 Å². The summed E-state index contributed by atoms with van der Waals surface area (Å²) in [4.78, 5) is 17.5. The Morgan fingerprint density at radius 3 is 2.31 bits per heavy atom. The van der Waals surface area contributed by atoms with Crippen molar-refractivity contribution in [2.75, 3.05) is 16.0 Å². The van der Waals surface area contributed by atoms with E-state index < -0.39 is 0 Å². The van der Waals surface area contributed by atoms with Crippen LogP contribution in [-0.4, -0.2) is 26.5 Å². The molecule has 0 spiro atoms. The van der Waals surface area contributed by atoms with Gasteiger partial charge in [0.1, 0.15) is 5.82 Å². The number of carbonyl (C=O) groups is 1. The fourth-order valence-electron chi connectivity index (χ4n) is 4.14. The zero-order valence-corrected chi connectivity index (χ0v) is 17.8. The number of aromatic nitrogens is 3. The standard InChI is InChI=1S/C25H26N6O/c32-25(29-20-14-8-3-9-15-20)22-17-26-24-21(27-18-10-4-1-5-11-18)16-23(30-31(22)24)28-19-12-6-2-7-13-19/h1,3-5,8-11,14-17,19,27H,2,6-7,12-13H2,(H,28,30)(H,29,32). The summed E-state index contributed by atoms with van der Waals surface area (Å²) in [6.45, 7) is 0. The van der Waals surface area contributed by atoms with Gasteiger partial charge in [-0.15, -0.1) is 5.10 Å². The molecule has 0 saturated heterocycles. The molecule has 7 heteroatoms. The van der Waals surface area contributed by atoms with Gasteiger partial charge in [0.25, 0.3) is 5.91 Å². The molecular weight excluding hydrogens is 400 g/mol. The molecule has 0 bridgehead atoms. The molecule has 1 aliphatic rings. The summed E-state index contributed by atoms with van der Waals surface area (Å²) < 4.78 is 1.62. The Morgan fingerprint density at radius 1 is 0.906 bits per heavy atom. The highest BCUT2D eigenvalue weighted by molar-refractivity contribution is 6.03. The van der Waals surface area contributed by atoms with Crippen molar-refractivity contribution >= 4 is 34.4 Å². The van der Waals surface area contributed by atoms with Gasteiger partial charge in [-0.25, -0.2) is 9.50 Å². The lowest BCUT2D eigenvalue weighted by atomic mass is 9.95. The molecule has 1 fully saturated rings. The Kier molecular flexibility index (Phi) is 5.70. The molecule has 2 aromatic heterocycles. The number of rotatable bonds is 6. The van der Waals surface area contributed by atoms with Crippen LogP contribution in [0.3, 0.4) is 0 Å². The highest BCUT2D eigenvalue weighted by Crippen LogP contribution is 2.27. The molecule has 1 amide bonds. The van der Waals surface area contributed by atoms with E-state index in [0.717, 1.165) is 35.7 Å². The molecule has 5 rings (SSSR count). The van der Waals surface area contributed by atoms with Crippen LogP contribution in [-0.2, 0) is 0 Å². The van der Waals surface area contributed by atoms with E-state index >= 15 is 0 Å². The van der Waals surface area contributed by atoms with Gasteiger partial charge in [-0.05, 0) is 37.1 Å². The van der Waals surface area contributed by atoms with Gasteiger partial charge in [0.05, 0.1) is 11.9 Å². The second-order valence-corrected chi connectivity index (χ2v) is 8.11. The number of carbonyl (C=O) groups excluding carboxylic acids is 1. The summed E-state index contributed by atoms with van der Waals surface area (Å²) in [6, 6.07) is 21.7. The minimum Gasteiger partial charge on any atom is -0.366 e. The third kappa shape index (κ3) is 4.42. The molecule has 2 heterocycles. The molecule has 2 aromatic carbocycles. The molecule has 3 N–H and O–H groups in total. The first-order valence-corrected chi connectivity index (χ1v) is 11.1. The number of nitrogens with one attached hydrogen (secondary N) is 3. The van der Waals surface area contributed by atoms with Gasteiger partial charge in [0, 0.05) is 23.5 Å². The van der Waals surface area contributed by atoms with Crippen LogP contribution in [0.15, 0.2) is 72.9 Å². The lowest BCUT2D eigenvalue weighted by Crippen LogP contribution is -2.24. The lowest BCUT2D eigenvalue weighted by molar-refractivity contribution is 0.102. The van der Waals surface area contributed by atoms with E-state index in [9.17, 15) is 4.79 Å². The Balaban J connectivity index is 1.51. The maximum absolute atomic E-state index is 13.0. The third-order valence-electron chi connectivity index (χ3n) is 5.74. The molecule has 0 unspecified atom stereocenters. The van der Waals surface area contributed by atoms with Crippen LogP contribution in [0.1, 0.15) is 42.6 Å². The zero-order chi connectivity index (χ0) is 21.8. The SMILES string of the molecule is O=C(Nc1ccccc1)c1cnc2c(Nc3ccccc3)cc(NC3CCCCC3)nn12. The van der Waals surface area contributed by atoms with Crippen LogP contribution in [0.25, 0.3) is 5.65 Å². The van der Waals surface area contributed by atoms with Crippen molar-refractivity contribution in [3.8, 4) is 0 Å². The predicted molar refractivity (Wildman–Crippen MR) is 128 cm³/mol. The summed E-state index contributed by atoms with van der Waals surface area (Å²) in [6.07, 6.45) is 7.58. The summed E-state index contributed by atoms with van der Waals surface area (Å²) in [5.74, 6) is 0.478. The van der Waals surface area contributed by atoms with Gasteiger partial charge in [0.15, 0.2) is 11.3 Å². The number of hydrogen-bond donors (Lipinski definition) is 3. The number of fused-ring (bicyclic) bond motifs is 1. The second kappa shape index (κ2) is 9.09. The van der Waals surface area contributed by atoms with E-state index in [4.69, 9.17) is 5.10 Å².